The molecule has 8 nitrogen and oxygen atoms in total. The summed E-state index contributed by atoms with van der Waals surface area (Å²) in [6, 6.07) is 9.95. The average molecular weight is 385 g/mol. The fraction of sp³-hybridized carbons (Fsp3) is 0.350. The normalized spacial score (nSPS) is 13.0. The van der Waals surface area contributed by atoms with Crippen LogP contribution in [0.3, 0.4) is 0 Å². The van der Waals surface area contributed by atoms with Gasteiger partial charge in [-0.05, 0) is 43.7 Å². The molecule has 1 aliphatic heterocycles. The van der Waals surface area contributed by atoms with Gasteiger partial charge in [0.25, 0.3) is 11.6 Å². The first-order valence-corrected chi connectivity index (χ1v) is 9.16. The minimum Gasteiger partial charge on any atom is -0.490 e. The zero-order chi connectivity index (χ0) is 20.1. The largest absolute Gasteiger partial charge is 0.490 e. The van der Waals surface area contributed by atoms with Gasteiger partial charge in [0.1, 0.15) is 5.69 Å². The summed E-state index contributed by atoms with van der Waals surface area (Å²) in [4.78, 5) is 23.1. The van der Waals surface area contributed by atoms with E-state index in [0.717, 1.165) is 12.0 Å². The molecule has 1 heterocycles. The Balaban J connectivity index is 1.76. The van der Waals surface area contributed by atoms with Crippen molar-refractivity contribution in [2.75, 3.05) is 18.5 Å². The molecule has 0 bridgehead atoms. The third-order valence-corrected chi connectivity index (χ3v) is 4.17. The van der Waals surface area contributed by atoms with Crippen LogP contribution in [0.1, 0.15) is 36.2 Å². The number of amides is 1. The smallest absolute Gasteiger partial charge is 0.293 e. The fourth-order valence-electron chi connectivity index (χ4n) is 2.83. The molecule has 0 saturated heterocycles. The van der Waals surface area contributed by atoms with Gasteiger partial charge in [-0.2, -0.15) is 0 Å². The van der Waals surface area contributed by atoms with E-state index >= 15 is 0 Å². The number of nitrogens with one attached hydrogen (secondary N) is 2. The van der Waals surface area contributed by atoms with E-state index < -0.39 is 4.92 Å². The molecule has 0 aromatic heterocycles. The molecular formula is C20H23N3O5. The second-order valence-electron chi connectivity index (χ2n) is 6.80. The van der Waals surface area contributed by atoms with Crippen LogP contribution in [0, 0.1) is 10.1 Å². The SMILES string of the molecule is CC(C)NC(=O)c1ccc(NCc2ccc3c(c2)OCCCO3)c([N+](=O)[O-])c1. The number of carbonyl (C=O) groups is 1. The van der Waals surface area contributed by atoms with E-state index in [9.17, 15) is 14.9 Å². The highest BCUT2D eigenvalue weighted by Crippen LogP contribution is 2.31. The summed E-state index contributed by atoms with van der Waals surface area (Å²) >= 11 is 0. The summed E-state index contributed by atoms with van der Waals surface area (Å²) < 4.78 is 11.3. The molecule has 28 heavy (non-hydrogen) atoms. The van der Waals surface area contributed by atoms with Crippen molar-refractivity contribution in [3.05, 3.63) is 57.6 Å². The molecule has 0 radical (unpaired) electrons. The van der Waals surface area contributed by atoms with Crippen molar-refractivity contribution in [2.24, 2.45) is 0 Å². The van der Waals surface area contributed by atoms with Crippen LogP contribution in [0.5, 0.6) is 11.5 Å². The van der Waals surface area contributed by atoms with E-state index in [0.29, 0.717) is 36.9 Å². The van der Waals surface area contributed by atoms with Crippen molar-refractivity contribution in [2.45, 2.75) is 32.9 Å². The maximum Gasteiger partial charge on any atom is 0.293 e. The van der Waals surface area contributed by atoms with Gasteiger partial charge < -0.3 is 20.1 Å². The zero-order valence-electron chi connectivity index (χ0n) is 15.9. The van der Waals surface area contributed by atoms with Gasteiger partial charge in [0.2, 0.25) is 0 Å². The van der Waals surface area contributed by atoms with Crippen molar-refractivity contribution in [3.8, 4) is 11.5 Å². The highest BCUT2D eigenvalue weighted by atomic mass is 16.6. The van der Waals surface area contributed by atoms with E-state index in [1.165, 1.54) is 6.07 Å². The van der Waals surface area contributed by atoms with Crippen molar-refractivity contribution < 1.29 is 19.2 Å². The number of hydrogen-bond acceptors (Lipinski definition) is 6. The lowest BCUT2D eigenvalue weighted by Crippen LogP contribution is -2.30. The van der Waals surface area contributed by atoms with E-state index in [1.807, 2.05) is 32.0 Å². The average Bonchev–Trinajstić information content (AvgIpc) is 2.90. The predicted octanol–water partition coefficient (Wildman–Crippen LogP) is 3.51. The molecule has 0 saturated carbocycles. The molecule has 8 heteroatoms. The van der Waals surface area contributed by atoms with E-state index in [-0.39, 0.29) is 23.2 Å². The molecule has 2 aromatic carbocycles. The Morgan fingerprint density at radius 2 is 1.89 bits per heavy atom. The molecular weight excluding hydrogens is 362 g/mol. The number of nitro benzene ring substituents is 1. The lowest BCUT2D eigenvalue weighted by molar-refractivity contribution is -0.384. The lowest BCUT2D eigenvalue weighted by atomic mass is 10.1. The van der Waals surface area contributed by atoms with Gasteiger partial charge in [0.05, 0.1) is 18.1 Å². The minimum atomic E-state index is -0.498. The van der Waals surface area contributed by atoms with Crippen LogP contribution in [0.25, 0.3) is 0 Å². The third-order valence-electron chi connectivity index (χ3n) is 4.17. The summed E-state index contributed by atoms with van der Waals surface area (Å²) in [7, 11) is 0. The van der Waals surface area contributed by atoms with Crippen LogP contribution in [-0.4, -0.2) is 30.1 Å². The molecule has 148 valence electrons. The molecule has 3 rings (SSSR count). The number of nitro groups is 1. The molecule has 2 N–H and O–H groups in total. The van der Waals surface area contributed by atoms with Gasteiger partial charge in [0, 0.05) is 30.6 Å². The number of nitrogens with zero attached hydrogens (tertiary/aromatic N) is 1. The Labute approximate surface area is 163 Å². The summed E-state index contributed by atoms with van der Waals surface area (Å²) in [6.45, 7) is 5.24. The summed E-state index contributed by atoms with van der Waals surface area (Å²) in [5.41, 5.74) is 1.35. The van der Waals surface area contributed by atoms with Crippen molar-refractivity contribution in [1.82, 2.24) is 5.32 Å². The van der Waals surface area contributed by atoms with Crippen LogP contribution in [0.4, 0.5) is 11.4 Å². The second-order valence-corrected chi connectivity index (χ2v) is 6.80. The minimum absolute atomic E-state index is 0.0521. The molecule has 2 aromatic rings. The number of benzene rings is 2. The van der Waals surface area contributed by atoms with E-state index in [2.05, 4.69) is 10.6 Å². The van der Waals surface area contributed by atoms with Gasteiger partial charge in [-0.15, -0.1) is 0 Å². The monoisotopic (exact) mass is 385 g/mol. The maximum atomic E-state index is 12.1. The fourth-order valence-corrected chi connectivity index (χ4v) is 2.83. The number of ether oxygens (including phenoxy) is 2. The molecule has 0 fully saturated rings. The first kappa shape index (κ1) is 19.5. The van der Waals surface area contributed by atoms with Crippen LogP contribution in [0.2, 0.25) is 0 Å². The lowest BCUT2D eigenvalue weighted by Gasteiger charge is -2.12. The van der Waals surface area contributed by atoms with Crippen LogP contribution < -0.4 is 20.1 Å². The van der Waals surface area contributed by atoms with Crippen LogP contribution >= 0.6 is 0 Å². The molecule has 1 aliphatic rings. The number of fused-ring (bicyclic) bond motifs is 1. The molecule has 0 unspecified atom stereocenters. The number of anilines is 1. The molecule has 0 aliphatic carbocycles. The quantitative estimate of drug-likeness (QED) is 0.583. The third kappa shape index (κ3) is 4.70. The maximum absolute atomic E-state index is 12.1. The van der Waals surface area contributed by atoms with Gasteiger partial charge in [0.15, 0.2) is 11.5 Å². The first-order valence-electron chi connectivity index (χ1n) is 9.16. The van der Waals surface area contributed by atoms with Crippen molar-refractivity contribution in [3.63, 3.8) is 0 Å². The summed E-state index contributed by atoms with van der Waals surface area (Å²) in [6.07, 6.45) is 0.825. The highest BCUT2D eigenvalue weighted by Gasteiger charge is 2.18. The van der Waals surface area contributed by atoms with Crippen LogP contribution in [0.15, 0.2) is 36.4 Å². The Hall–Kier alpha value is -3.29. The van der Waals surface area contributed by atoms with E-state index in [1.54, 1.807) is 12.1 Å². The number of rotatable bonds is 6. The first-order chi connectivity index (χ1) is 13.4. The van der Waals surface area contributed by atoms with Gasteiger partial charge >= 0.3 is 0 Å². The highest BCUT2D eigenvalue weighted by molar-refractivity contribution is 5.95. The summed E-state index contributed by atoms with van der Waals surface area (Å²) in [5, 5.41) is 17.3. The topological polar surface area (TPSA) is 103 Å². The zero-order valence-corrected chi connectivity index (χ0v) is 15.9. The number of hydrogen-bond donors (Lipinski definition) is 2. The Kier molecular flexibility index (Phi) is 5.98. The molecule has 0 atom stereocenters. The standard InChI is InChI=1S/C20H23N3O5/c1-13(2)22-20(24)15-5-6-16(17(11-15)23(25)26)21-12-14-4-7-18-19(10-14)28-9-3-8-27-18/h4-7,10-11,13,21H,3,8-9,12H2,1-2H3,(H,22,24). The second kappa shape index (κ2) is 8.60. The molecule has 1 amide bonds. The molecule has 0 spiro atoms. The summed E-state index contributed by atoms with van der Waals surface area (Å²) in [5.74, 6) is 1.03. The van der Waals surface area contributed by atoms with Gasteiger partial charge in [-0.3, -0.25) is 14.9 Å². The van der Waals surface area contributed by atoms with Gasteiger partial charge in [-0.25, -0.2) is 0 Å². The van der Waals surface area contributed by atoms with E-state index in [4.69, 9.17) is 9.47 Å². The Bertz CT molecular complexity index is 882. The Morgan fingerprint density at radius 3 is 2.61 bits per heavy atom. The van der Waals surface area contributed by atoms with Gasteiger partial charge in [-0.1, -0.05) is 6.07 Å². The van der Waals surface area contributed by atoms with Crippen molar-refractivity contribution in [1.29, 1.82) is 0 Å². The predicted molar refractivity (Wildman–Crippen MR) is 105 cm³/mol. The van der Waals surface area contributed by atoms with Crippen LogP contribution in [-0.2, 0) is 6.54 Å². The Morgan fingerprint density at radius 1 is 1.14 bits per heavy atom. The number of carbonyl (C=O) groups excluding carboxylic acids is 1. The van der Waals surface area contributed by atoms with Crippen molar-refractivity contribution >= 4 is 17.3 Å².